The van der Waals surface area contributed by atoms with Crippen molar-refractivity contribution in [1.82, 2.24) is 4.98 Å². The van der Waals surface area contributed by atoms with E-state index in [-0.39, 0.29) is 13.2 Å². The fourth-order valence-corrected chi connectivity index (χ4v) is 4.16. The molecule has 7 nitrogen and oxygen atoms in total. The number of aliphatic hydroxyl groups excluding tert-OH is 1. The first-order valence-electron chi connectivity index (χ1n) is 9.73. The van der Waals surface area contributed by atoms with Crippen molar-refractivity contribution in [2.75, 3.05) is 31.8 Å². The third kappa shape index (κ3) is 5.34. The molecule has 0 aliphatic rings. The molecule has 0 atom stereocenters. The average molecular weight is 430 g/mol. The van der Waals surface area contributed by atoms with Crippen LogP contribution < -0.4 is 25.7 Å². The summed E-state index contributed by atoms with van der Waals surface area (Å²) in [6.45, 7) is 2.60. The summed E-state index contributed by atoms with van der Waals surface area (Å²) in [7, 11) is 1.59. The van der Waals surface area contributed by atoms with Crippen molar-refractivity contribution in [2.45, 2.75) is 26.4 Å². The smallest absolute Gasteiger partial charge is 0.161 e. The molecular weight excluding hydrogens is 402 g/mol. The summed E-state index contributed by atoms with van der Waals surface area (Å²) in [6, 6.07) is 10.9. The molecule has 0 aliphatic carbocycles. The number of nitrogen functional groups attached to an aromatic ring is 2. The molecule has 0 radical (unpaired) electrons. The summed E-state index contributed by atoms with van der Waals surface area (Å²) in [5.74, 6) is 1.80. The Morgan fingerprint density at radius 2 is 1.80 bits per heavy atom. The lowest BCUT2D eigenvalue weighted by atomic mass is 10.2. The van der Waals surface area contributed by atoms with E-state index in [9.17, 15) is 0 Å². The van der Waals surface area contributed by atoms with E-state index in [0.29, 0.717) is 35.2 Å². The zero-order valence-corrected chi connectivity index (χ0v) is 18.0. The molecule has 0 unspecified atom stereocenters. The first-order chi connectivity index (χ1) is 14.5. The van der Waals surface area contributed by atoms with Gasteiger partial charge in [-0.15, -0.1) is 11.3 Å². The maximum absolute atomic E-state index is 9.06. The second kappa shape index (κ2) is 10.2. The van der Waals surface area contributed by atoms with Crippen molar-refractivity contribution in [3.8, 4) is 27.8 Å². The third-order valence-corrected chi connectivity index (χ3v) is 5.55. The highest BCUT2D eigenvalue weighted by Gasteiger charge is 2.15. The second-order valence-electron chi connectivity index (χ2n) is 6.70. The zero-order valence-electron chi connectivity index (χ0n) is 17.2. The van der Waals surface area contributed by atoms with Crippen molar-refractivity contribution >= 4 is 22.7 Å². The monoisotopic (exact) mass is 429 g/mol. The summed E-state index contributed by atoms with van der Waals surface area (Å²) < 4.78 is 16.9. The van der Waals surface area contributed by atoms with Gasteiger partial charge in [-0.05, 0) is 30.7 Å². The van der Waals surface area contributed by atoms with Crippen molar-refractivity contribution in [3.05, 3.63) is 47.0 Å². The number of nitrogens with two attached hydrogens (primary N) is 2. The summed E-state index contributed by atoms with van der Waals surface area (Å²) >= 11 is 1.64. The van der Waals surface area contributed by atoms with Gasteiger partial charge in [0, 0.05) is 33.9 Å². The van der Waals surface area contributed by atoms with E-state index in [1.807, 2.05) is 18.2 Å². The van der Waals surface area contributed by atoms with Crippen LogP contribution in [-0.4, -0.2) is 30.4 Å². The first kappa shape index (κ1) is 21.7. The molecule has 1 aromatic heterocycles. The Hall–Kier alpha value is -2.97. The Bertz CT molecular complexity index is 970. The van der Waals surface area contributed by atoms with Crippen LogP contribution in [0.2, 0.25) is 0 Å². The molecule has 5 N–H and O–H groups in total. The van der Waals surface area contributed by atoms with Crippen LogP contribution in [-0.2, 0) is 13.0 Å². The number of aliphatic hydroxyl groups is 1. The van der Waals surface area contributed by atoms with E-state index < -0.39 is 0 Å². The number of aromatic nitrogens is 1. The van der Waals surface area contributed by atoms with Crippen LogP contribution in [0.15, 0.2) is 36.4 Å². The fourth-order valence-electron chi connectivity index (χ4n) is 3.00. The summed E-state index contributed by atoms with van der Waals surface area (Å²) in [5.41, 5.74) is 14.6. The van der Waals surface area contributed by atoms with E-state index in [1.54, 1.807) is 36.6 Å². The molecule has 30 heavy (non-hydrogen) atoms. The van der Waals surface area contributed by atoms with E-state index in [2.05, 4.69) is 6.92 Å². The molecule has 0 aliphatic heterocycles. The molecule has 0 saturated carbocycles. The van der Waals surface area contributed by atoms with Crippen LogP contribution in [0.25, 0.3) is 10.6 Å². The zero-order chi connectivity index (χ0) is 21.5. The summed E-state index contributed by atoms with van der Waals surface area (Å²) in [4.78, 5) is 6.00. The van der Waals surface area contributed by atoms with E-state index >= 15 is 0 Å². The number of hydrogen-bond acceptors (Lipinski definition) is 8. The Kier molecular flexibility index (Phi) is 7.37. The van der Waals surface area contributed by atoms with Gasteiger partial charge in [0.2, 0.25) is 0 Å². The van der Waals surface area contributed by atoms with Gasteiger partial charge in [0.05, 0.1) is 19.4 Å². The lowest BCUT2D eigenvalue weighted by molar-refractivity contribution is 0.196. The van der Waals surface area contributed by atoms with Gasteiger partial charge in [0.25, 0.3) is 0 Å². The number of rotatable bonds is 10. The van der Waals surface area contributed by atoms with Crippen LogP contribution in [0.1, 0.15) is 23.9 Å². The summed E-state index contributed by atoms with van der Waals surface area (Å²) in [6.07, 6.45) is 1.92. The highest BCUT2D eigenvalue weighted by molar-refractivity contribution is 7.15. The number of methoxy groups -OCH3 is 1. The van der Waals surface area contributed by atoms with Gasteiger partial charge in [-0.25, -0.2) is 4.98 Å². The van der Waals surface area contributed by atoms with Gasteiger partial charge in [-0.2, -0.15) is 0 Å². The van der Waals surface area contributed by atoms with Gasteiger partial charge in [-0.3, -0.25) is 0 Å². The molecule has 160 valence electrons. The molecule has 1 heterocycles. The molecule has 3 aromatic rings. The van der Waals surface area contributed by atoms with Crippen LogP contribution in [0.4, 0.5) is 11.4 Å². The normalized spacial score (nSPS) is 10.8. The maximum Gasteiger partial charge on any atom is 0.161 e. The average Bonchev–Trinajstić information content (AvgIpc) is 3.13. The van der Waals surface area contributed by atoms with Crippen molar-refractivity contribution < 1.29 is 19.3 Å². The van der Waals surface area contributed by atoms with Crippen molar-refractivity contribution in [3.63, 3.8) is 0 Å². The van der Waals surface area contributed by atoms with E-state index in [0.717, 1.165) is 29.1 Å². The van der Waals surface area contributed by atoms with Crippen LogP contribution in [0.5, 0.6) is 17.2 Å². The minimum atomic E-state index is -0.0682. The van der Waals surface area contributed by atoms with Crippen LogP contribution in [0.3, 0.4) is 0 Å². The third-order valence-electron chi connectivity index (χ3n) is 4.34. The molecule has 0 amide bonds. The topological polar surface area (TPSA) is 113 Å². The fraction of sp³-hybridized carbons (Fsp3) is 0.318. The Balaban J connectivity index is 1.86. The Labute approximate surface area is 180 Å². The van der Waals surface area contributed by atoms with Gasteiger partial charge in [-0.1, -0.05) is 13.3 Å². The molecule has 3 rings (SSSR count). The first-order valence-corrected chi connectivity index (χ1v) is 10.5. The van der Waals surface area contributed by atoms with Gasteiger partial charge < -0.3 is 30.8 Å². The number of benzene rings is 2. The molecule has 0 spiro atoms. The Morgan fingerprint density at radius 3 is 2.47 bits per heavy atom. The predicted molar refractivity (Wildman–Crippen MR) is 120 cm³/mol. The quantitative estimate of drug-likeness (QED) is 0.419. The predicted octanol–water partition coefficient (Wildman–Crippen LogP) is 3.89. The highest BCUT2D eigenvalue weighted by atomic mass is 32.1. The van der Waals surface area contributed by atoms with E-state index in [1.165, 1.54) is 4.88 Å². The number of aryl methyl sites for hydroxylation is 1. The molecular formula is C22H27N3O4S. The largest absolute Gasteiger partial charge is 0.493 e. The van der Waals surface area contributed by atoms with Crippen molar-refractivity contribution in [1.29, 1.82) is 0 Å². The number of nitrogens with zero attached hydrogens (tertiary/aromatic N) is 1. The lowest BCUT2D eigenvalue weighted by Crippen LogP contribution is -2.03. The molecule has 8 heteroatoms. The van der Waals surface area contributed by atoms with Gasteiger partial charge in [0.15, 0.2) is 11.5 Å². The molecule has 2 aromatic carbocycles. The number of hydrogen-bond donors (Lipinski definition) is 3. The number of ether oxygens (including phenoxy) is 3. The van der Waals surface area contributed by atoms with Gasteiger partial charge in [0.1, 0.15) is 24.0 Å². The maximum atomic E-state index is 9.06. The standard InChI is InChI=1S/C22H27N3O4S/c1-3-4-21-18(13-29-17-11-15(23)10-16(24)12-17)25-22(30-21)14-5-6-19(27-2)20(9-14)28-8-7-26/h5-6,9-12,26H,3-4,7-8,13,23-24H2,1-2H3. The van der Waals surface area contributed by atoms with Crippen molar-refractivity contribution in [2.24, 2.45) is 0 Å². The van der Waals surface area contributed by atoms with Crippen LogP contribution >= 0.6 is 11.3 Å². The van der Waals surface area contributed by atoms with Gasteiger partial charge >= 0.3 is 0 Å². The van der Waals surface area contributed by atoms with E-state index in [4.69, 9.17) is 35.8 Å². The van der Waals surface area contributed by atoms with Crippen LogP contribution in [0, 0.1) is 0 Å². The highest BCUT2D eigenvalue weighted by Crippen LogP contribution is 2.36. The minimum Gasteiger partial charge on any atom is -0.493 e. The summed E-state index contributed by atoms with van der Waals surface area (Å²) in [5, 5.41) is 9.93. The Morgan fingerprint density at radius 1 is 1.03 bits per heavy atom. The molecule has 0 bridgehead atoms. The lowest BCUT2D eigenvalue weighted by Gasteiger charge is -2.10. The molecule has 0 saturated heterocycles. The number of anilines is 2. The second-order valence-corrected chi connectivity index (χ2v) is 7.78. The molecule has 0 fully saturated rings. The SMILES string of the molecule is CCCc1sc(-c2ccc(OC)c(OCCO)c2)nc1COc1cc(N)cc(N)c1. The minimum absolute atomic E-state index is 0.0682. The number of thiazole rings is 1.